The molecule has 1 fully saturated rings. The molecule has 1 aliphatic carbocycles. The normalized spacial score (nSPS) is 13.8. The first-order valence-electron chi connectivity index (χ1n) is 7.31. The Morgan fingerprint density at radius 3 is 2.67 bits per heavy atom. The van der Waals surface area contributed by atoms with Crippen molar-refractivity contribution in [3.8, 4) is 22.8 Å². The molecule has 1 aromatic carbocycles. The highest BCUT2D eigenvalue weighted by atomic mass is 19.3. The summed E-state index contributed by atoms with van der Waals surface area (Å²) in [5, 5.41) is 9.20. The Balaban J connectivity index is 1.96. The lowest BCUT2D eigenvalue weighted by Gasteiger charge is -2.14. The van der Waals surface area contributed by atoms with E-state index in [1.165, 1.54) is 30.6 Å². The average molecular weight is 336 g/mol. The van der Waals surface area contributed by atoms with Gasteiger partial charge in [0.1, 0.15) is 5.69 Å². The maximum absolute atomic E-state index is 12.5. The monoisotopic (exact) mass is 336 g/mol. The summed E-state index contributed by atoms with van der Waals surface area (Å²) in [7, 11) is 0. The van der Waals surface area contributed by atoms with Gasteiger partial charge in [0.2, 0.25) is 0 Å². The molecule has 0 radical (unpaired) electrons. The number of halogens is 2. The highest BCUT2D eigenvalue weighted by Gasteiger charge is 2.24. The van der Waals surface area contributed by atoms with Gasteiger partial charge in [-0.05, 0) is 37.0 Å². The SMILES string of the molecule is O=C(O)c1nccnc1-c1ccc(OC(F)F)c(OCC2CC2)c1. The topological polar surface area (TPSA) is 81.5 Å². The number of hydrogen-bond donors (Lipinski definition) is 1. The van der Waals surface area contributed by atoms with Gasteiger partial charge in [-0.3, -0.25) is 4.98 Å². The van der Waals surface area contributed by atoms with Crippen LogP contribution in [0.15, 0.2) is 30.6 Å². The van der Waals surface area contributed by atoms with Crippen LogP contribution in [-0.2, 0) is 0 Å². The van der Waals surface area contributed by atoms with Gasteiger partial charge in [-0.25, -0.2) is 9.78 Å². The quantitative estimate of drug-likeness (QED) is 0.836. The first-order chi connectivity index (χ1) is 11.5. The van der Waals surface area contributed by atoms with Crippen LogP contribution in [0.1, 0.15) is 23.3 Å². The number of carboxylic acid groups (broad SMARTS) is 1. The molecule has 0 saturated heterocycles. The predicted molar refractivity (Wildman–Crippen MR) is 79.3 cm³/mol. The van der Waals surface area contributed by atoms with E-state index in [4.69, 9.17) is 4.74 Å². The Morgan fingerprint density at radius 1 is 1.25 bits per heavy atom. The standard InChI is InChI=1S/C16H14F2N2O4/c17-16(18)24-11-4-3-10(7-12(11)23-8-9-1-2-9)13-14(15(21)22)20-6-5-19-13/h3-7,9,16H,1-2,8H2,(H,21,22). The van der Waals surface area contributed by atoms with Gasteiger partial charge >= 0.3 is 12.6 Å². The molecule has 1 N–H and O–H groups in total. The number of aromatic nitrogens is 2. The van der Waals surface area contributed by atoms with Crippen LogP contribution in [0.2, 0.25) is 0 Å². The molecule has 1 saturated carbocycles. The van der Waals surface area contributed by atoms with Gasteiger partial charge in [0.25, 0.3) is 0 Å². The fourth-order valence-electron chi connectivity index (χ4n) is 2.16. The van der Waals surface area contributed by atoms with Crippen LogP contribution >= 0.6 is 0 Å². The number of alkyl halides is 2. The van der Waals surface area contributed by atoms with Crippen LogP contribution in [0, 0.1) is 5.92 Å². The van der Waals surface area contributed by atoms with E-state index in [-0.39, 0.29) is 22.9 Å². The van der Waals surface area contributed by atoms with Crippen molar-refractivity contribution in [3.05, 3.63) is 36.3 Å². The van der Waals surface area contributed by atoms with Crippen LogP contribution in [-0.4, -0.2) is 34.3 Å². The number of hydrogen-bond acceptors (Lipinski definition) is 5. The maximum atomic E-state index is 12.5. The van der Waals surface area contributed by atoms with E-state index in [1.807, 2.05) is 0 Å². The molecule has 6 nitrogen and oxygen atoms in total. The Kier molecular flexibility index (Phi) is 4.54. The molecule has 0 spiro atoms. The van der Waals surface area contributed by atoms with Gasteiger partial charge in [0.15, 0.2) is 17.2 Å². The van der Waals surface area contributed by atoms with Crippen LogP contribution < -0.4 is 9.47 Å². The number of aromatic carboxylic acids is 1. The minimum absolute atomic E-state index is 0.102. The third kappa shape index (κ3) is 3.76. The molecule has 8 heteroatoms. The lowest BCUT2D eigenvalue weighted by molar-refractivity contribution is -0.0515. The van der Waals surface area contributed by atoms with Crippen molar-refractivity contribution in [1.29, 1.82) is 0 Å². The molecular formula is C16H14F2N2O4. The first kappa shape index (κ1) is 16.1. The average Bonchev–Trinajstić information content (AvgIpc) is 3.37. The minimum Gasteiger partial charge on any atom is -0.489 e. The van der Waals surface area contributed by atoms with Crippen LogP contribution in [0.5, 0.6) is 11.5 Å². The molecule has 0 unspecified atom stereocenters. The lowest BCUT2D eigenvalue weighted by atomic mass is 10.1. The molecule has 2 aromatic rings. The van der Waals surface area contributed by atoms with E-state index < -0.39 is 12.6 Å². The van der Waals surface area contributed by atoms with Gasteiger partial charge in [-0.15, -0.1) is 0 Å². The maximum Gasteiger partial charge on any atom is 0.387 e. The predicted octanol–water partition coefficient (Wildman–Crippen LogP) is 3.23. The van der Waals surface area contributed by atoms with Gasteiger partial charge in [0, 0.05) is 18.0 Å². The number of nitrogens with zero attached hydrogens (tertiary/aromatic N) is 2. The highest BCUT2D eigenvalue weighted by Crippen LogP contribution is 2.36. The van der Waals surface area contributed by atoms with Crippen molar-refractivity contribution in [2.24, 2.45) is 5.92 Å². The molecule has 24 heavy (non-hydrogen) atoms. The van der Waals surface area contributed by atoms with E-state index in [0.717, 1.165) is 12.8 Å². The molecule has 1 aromatic heterocycles. The Morgan fingerprint density at radius 2 is 2.00 bits per heavy atom. The third-order valence-electron chi connectivity index (χ3n) is 3.51. The van der Waals surface area contributed by atoms with Crippen molar-refractivity contribution in [2.45, 2.75) is 19.5 Å². The fourth-order valence-corrected chi connectivity index (χ4v) is 2.16. The molecule has 126 valence electrons. The van der Waals surface area contributed by atoms with Gasteiger partial charge in [0.05, 0.1) is 6.61 Å². The summed E-state index contributed by atoms with van der Waals surface area (Å²) in [6.45, 7) is -2.58. The third-order valence-corrected chi connectivity index (χ3v) is 3.51. The van der Waals surface area contributed by atoms with Gasteiger partial charge in [-0.2, -0.15) is 8.78 Å². The zero-order chi connectivity index (χ0) is 17.1. The number of rotatable bonds is 7. The smallest absolute Gasteiger partial charge is 0.387 e. The van der Waals surface area contributed by atoms with E-state index in [2.05, 4.69) is 14.7 Å². The van der Waals surface area contributed by atoms with E-state index >= 15 is 0 Å². The molecule has 1 heterocycles. The van der Waals surface area contributed by atoms with Gasteiger partial charge < -0.3 is 14.6 Å². The minimum atomic E-state index is -2.98. The largest absolute Gasteiger partial charge is 0.489 e. The summed E-state index contributed by atoms with van der Waals surface area (Å²) in [4.78, 5) is 19.1. The zero-order valence-corrected chi connectivity index (χ0v) is 12.5. The van der Waals surface area contributed by atoms with Crippen molar-refractivity contribution in [1.82, 2.24) is 9.97 Å². The number of ether oxygens (including phenoxy) is 2. The van der Waals surface area contributed by atoms with Crippen molar-refractivity contribution >= 4 is 5.97 Å². The molecular weight excluding hydrogens is 322 g/mol. The Bertz CT molecular complexity index is 751. The number of carboxylic acids is 1. The summed E-state index contributed by atoms with van der Waals surface area (Å²) in [5.41, 5.74) is 0.297. The summed E-state index contributed by atoms with van der Waals surface area (Å²) in [5.74, 6) is -0.789. The lowest BCUT2D eigenvalue weighted by Crippen LogP contribution is -2.07. The second kappa shape index (κ2) is 6.77. The van der Waals surface area contributed by atoms with Crippen LogP contribution in [0.4, 0.5) is 8.78 Å². The summed E-state index contributed by atoms with van der Waals surface area (Å²) in [6, 6.07) is 4.19. The summed E-state index contributed by atoms with van der Waals surface area (Å²) in [6.07, 6.45) is 4.71. The van der Waals surface area contributed by atoms with Crippen molar-refractivity contribution < 1.29 is 28.2 Å². The van der Waals surface area contributed by atoms with Crippen molar-refractivity contribution in [3.63, 3.8) is 0 Å². The van der Waals surface area contributed by atoms with Crippen LogP contribution in [0.3, 0.4) is 0 Å². The second-order valence-corrected chi connectivity index (χ2v) is 5.35. The molecule has 3 rings (SSSR count). The number of benzene rings is 1. The first-order valence-corrected chi connectivity index (χ1v) is 7.31. The molecule has 1 aliphatic rings. The summed E-state index contributed by atoms with van der Waals surface area (Å²) < 4.78 is 35.1. The highest BCUT2D eigenvalue weighted by molar-refractivity contribution is 5.92. The molecule has 0 amide bonds. The van der Waals surface area contributed by atoms with Gasteiger partial charge in [-0.1, -0.05) is 0 Å². The molecule has 0 bridgehead atoms. The second-order valence-electron chi connectivity index (χ2n) is 5.35. The Labute approximate surface area is 136 Å². The van der Waals surface area contributed by atoms with E-state index in [9.17, 15) is 18.7 Å². The van der Waals surface area contributed by atoms with Crippen LogP contribution in [0.25, 0.3) is 11.3 Å². The molecule has 0 atom stereocenters. The summed E-state index contributed by atoms with van der Waals surface area (Å²) >= 11 is 0. The van der Waals surface area contributed by atoms with E-state index in [1.54, 1.807) is 0 Å². The number of carbonyl (C=O) groups is 1. The van der Waals surface area contributed by atoms with Crippen molar-refractivity contribution in [2.75, 3.05) is 6.61 Å². The van der Waals surface area contributed by atoms with E-state index in [0.29, 0.717) is 18.1 Å². The zero-order valence-electron chi connectivity index (χ0n) is 12.5. The Hall–Kier alpha value is -2.77. The molecule has 0 aliphatic heterocycles. The fraction of sp³-hybridized carbons (Fsp3) is 0.312.